The monoisotopic (exact) mass is 393 g/mol. The molecule has 5 nitrogen and oxygen atoms in total. The summed E-state index contributed by atoms with van der Waals surface area (Å²) in [5, 5.41) is 16.5. The van der Waals surface area contributed by atoms with Gasteiger partial charge in [-0.3, -0.25) is 4.99 Å². The number of ether oxygens (including phenoxy) is 1. The third kappa shape index (κ3) is 4.23. The van der Waals surface area contributed by atoms with Gasteiger partial charge in [-0.1, -0.05) is 18.2 Å². The molecule has 2 aromatic carbocycles. The second-order valence-corrected chi connectivity index (χ2v) is 7.16. The number of rotatable bonds is 6. The van der Waals surface area contributed by atoms with E-state index >= 15 is 0 Å². The Morgan fingerprint density at radius 2 is 2.00 bits per heavy atom. The zero-order chi connectivity index (χ0) is 20.1. The van der Waals surface area contributed by atoms with E-state index in [1.165, 1.54) is 29.6 Å². The maximum atomic E-state index is 9.77. The van der Waals surface area contributed by atoms with Crippen molar-refractivity contribution < 1.29 is 9.84 Å². The number of phenols is 1. The van der Waals surface area contributed by atoms with Gasteiger partial charge in [-0.2, -0.15) is 5.10 Å². The highest BCUT2D eigenvalue weighted by molar-refractivity contribution is 7.07. The normalized spacial score (nSPS) is 11.9. The lowest BCUT2D eigenvalue weighted by Gasteiger charge is -2.07. The van der Waals surface area contributed by atoms with Crippen LogP contribution in [0.4, 0.5) is 0 Å². The van der Waals surface area contributed by atoms with Crippen molar-refractivity contribution in [2.45, 2.75) is 13.8 Å². The Bertz CT molecular complexity index is 1090. The van der Waals surface area contributed by atoms with Gasteiger partial charge in [0.05, 0.1) is 25.6 Å². The van der Waals surface area contributed by atoms with E-state index in [-0.39, 0.29) is 5.75 Å². The van der Waals surface area contributed by atoms with Gasteiger partial charge in [0.1, 0.15) is 0 Å². The molecule has 0 saturated carbocycles. The first-order valence-electron chi connectivity index (χ1n) is 8.84. The lowest BCUT2D eigenvalue weighted by Crippen LogP contribution is -2.12. The van der Waals surface area contributed by atoms with Crippen LogP contribution in [0, 0.1) is 13.8 Å². The van der Waals surface area contributed by atoms with Gasteiger partial charge in [0, 0.05) is 10.9 Å². The summed E-state index contributed by atoms with van der Waals surface area (Å²) >= 11 is 1.54. The SMILES string of the molecule is C=CCN=c1scc(-c2ccc(C)c(C)c2)n1N=Cc1ccc(O)c(OC)c1. The average molecular weight is 394 g/mol. The number of nitrogens with zero attached hydrogens (tertiary/aromatic N) is 3. The fraction of sp³-hybridized carbons (Fsp3) is 0.182. The van der Waals surface area contributed by atoms with Crippen molar-refractivity contribution in [2.24, 2.45) is 10.1 Å². The van der Waals surface area contributed by atoms with Crippen molar-refractivity contribution in [3.63, 3.8) is 0 Å². The summed E-state index contributed by atoms with van der Waals surface area (Å²) in [5.41, 5.74) is 5.35. The lowest BCUT2D eigenvalue weighted by atomic mass is 10.1. The number of phenolic OH excluding ortho intramolecular Hbond substituents is 1. The molecule has 6 heteroatoms. The molecule has 28 heavy (non-hydrogen) atoms. The largest absolute Gasteiger partial charge is 0.504 e. The first-order chi connectivity index (χ1) is 13.5. The first kappa shape index (κ1) is 19.6. The summed E-state index contributed by atoms with van der Waals surface area (Å²) in [7, 11) is 1.52. The molecular weight excluding hydrogens is 370 g/mol. The number of thiazole rings is 1. The zero-order valence-corrected chi connectivity index (χ0v) is 17.0. The number of methoxy groups -OCH3 is 1. The van der Waals surface area contributed by atoms with Crippen molar-refractivity contribution in [3.8, 4) is 22.8 Å². The topological polar surface area (TPSA) is 59.1 Å². The van der Waals surface area contributed by atoms with Crippen molar-refractivity contribution in [2.75, 3.05) is 13.7 Å². The zero-order valence-electron chi connectivity index (χ0n) is 16.2. The van der Waals surface area contributed by atoms with Crippen molar-refractivity contribution in [1.82, 2.24) is 4.68 Å². The first-order valence-corrected chi connectivity index (χ1v) is 9.72. The standard InChI is InChI=1S/C22H23N3O2S/c1-5-10-23-22-25(24-13-17-7-9-20(26)21(12-17)27-4)19(14-28-22)18-8-6-15(2)16(3)11-18/h5-9,11-14,26H,1,10H2,2-4H3. The molecule has 0 bridgehead atoms. The predicted molar refractivity (Wildman–Crippen MR) is 115 cm³/mol. The van der Waals surface area contributed by atoms with Crippen LogP contribution in [0.5, 0.6) is 11.5 Å². The molecule has 1 N–H and O–H groups in total. The van der Waals surface area contributed by atoms with Crippen LogP contribution in [-0.2, 0) is 0 Å². The van der Waals surface area contributed by atoms with E-state index in [0.717, 1.165) is 21.6 Å². The molecule has 0 aliphatic carbocycles. The van der Waals surface area contributed by atoms with Crippen LogP contribution >= 0.6 is 11.3 Å². The van der Waals surface area contributed by atoms with E-state index in [1.54, 1.807) is 30.5 Å². The van der Waals surface area contributed by atoms with Gasteiger partial charge in [0.15, 0.2) is 11.5 Å². The summed E-state index contributed by atoms with van der Waals surface area (Å²) in [6.07, 6.45) is 3.49. The van der Waals surface area contributed by atoms with Crippen LogP contribution in [0.2, 0.25) is 0 Å². The molecule has 0 fully saturated rings. The smallest absolute Gasteiger partial charge is 0.206 e. The van der Waals surface area contributed by atoms with E-state index in [4.69, 9.17) is 4.74 Å². The van der Waals surface area contributed by atoms with Crippen LogP contribution < -0.4 is 9.54 Å². The Kier molecular flexibility index (Phi) is 6.11. The molecule has 0 spiro atoms. The fourth-order valence-electron chi connectivity index (χ4n) is 2.66. The van der Waals surface area contributed by atoms with E-state index in [0.29, 0.717) is 12.3 Å². The summed E-state index contributed by atoms with van der Waals surface area (Å²) in [5.74, 6) is 0.505. The summed E-state index contributed by atoms with van der Waals surface area (Å²) in [6.45, 7) is 8.46. The van der Waals surface area contributed by atoms with E-state index in [9.17, 15) is 5.11 Å². The molecule has 3 rings (SSSR count). The summed E-state index contributed by atoms with van der Waals surface area (Å²) in [4.78, 5) is 5.34. The van der Waals surface area contributed by atoms with Crippen LogP contribution in [0.15, 0.2) is 64.5 Å². The molecule has 0 saturated heterocycles. The van der Waals surface area contributed by atoms with Gasteiger partial charge in [0.25, 0.3) is 0 Å². The van der Waals surface area contributed by atoms with E-state index in [1.807, 2.05) is 4.68 Å². The molecule has 0 aliphatic rings. The molecule has 1 heterocycles. The Hall–Kier alpha value is -3.12. The molecule has 0 aliphatic heterocycles. The van der Waals surface area contributed by atoms with Crippen LogP contribution in [0.3, 0.4) is 0 Å². The number of aryl methyl sites for hydroxylation is 2. The summed E-state index contributed by atoms with van der Waals surface area (Å²) in [6, 6.07) is 11.5. The Balaban J connectivity index is 2.08. The number of aromatic nitrogens is 1. The van der Waals surface area contributed by atoms with Crippen LogP contribution in [-0.4, -0.2) is 29.7 Å². The highest BCUT2D eigenvalue weighted by Crippen LogP contribution is 2.26. The second kappa shape index (κ2) is 8.71. The van der Waals surface area contributed by atoms with Gasteiger partial charge in [-0.25, -0.2) is 4.68 Å². The number of hydrogen-bond acceptors (Lipinski definition) is 5. The molecule has 3 aromatic rings. The Morgan fingerprint density at radius 3 is 2.71 bits per heavy atom. The lowest BCUT2D eigenvalue weighted by molar-refractivity contribution is 0.373. The third-order valence-electron chi connectivity index (χ3n) is 4.37. The van der Waals surface area contributed by atoms with Crippen molar-refractivity contribution in [3.05, 3.63) is 75.9 Å². The average Bonchev–Trinajstić information content (AvgIpc) is 3.10. The van der Waals surface area contributed by atoms with Gasteiger partial charge >= 0.3 is 0 Å². The minimum atomic E-state index is 0.0975. The van der Waals surface area contributed by atoms with E-state index in [2.05, 4.69) is 54.1 Å². The molecular formula is C22H23N3O2S. The maximum Gasteiger partial charge on any atom is 0.206 e. The Morgan fingerprint density at radius 1 is 1.18 bits per heavy atom. The second-order valence-electron chi connectivity index (χ2n) is 6.32. The fourth-order valence-corrected chi connectivity index (χ4v) is 3.51. The van der Waals surface area contributed by atoms with Gasteiger partial charge in [-0.05, 0) is 54.8 Å². The number of aromatic hydroxyl groups is 1. The maximum absolute atomic E-state index is 9.77. The third-order valence-corrected chi connectivity index (χ3v) is 5.22. The van der Waals surface area contributed by atoms with E-state index < -0.39 is 0 Å². The highest BCUT2D eigenvalue weighted by Gasteiger charge is 2.09. The van der Waals surface area contributed by atoms with Crippen molar-refractivity contribution >= 4 is 17.6 Å². The quantitative estimate of drug-likeness (QED) is 0.495. The minimum Gasteiger partial charge on any atom is -0.504 e. The predicted octanol–water partition coefficient (Wildman–Crippen LogP) is 4.52. The minimum absolute atomic E-state index is 0.0975. The molecule has 144 valence electrons. The number of hydrogen-bond donors (Lipinski definition) is 1. The Labute approximate surface area is 168 Å². The van der Waals surface area contributed by atoms with Gasteiger partial charge < -0.3 is 9.84 Å². The van der Waals surface area contributed by atoms with Gasteiger partial charge in [-0.15, -0.1) is 17.9 Å². The van der Waals surface area contributed by atoms with Crippen LogP contribution in [0.25, 0.3) is 11.3 Å². The molecule has 1 aromatic heterocycles. The molecule has 0 amide bonds. The van der Waals surface area contributed by atoms with Gasteiger partial charge in [0.2, 0.25) is 4.80 Å². The van der Waals surface area contributed by atoms with Crippen molar-refractivity contribution in [1.29, 1.82) is 0 Å². The number of benzene rings is 2. The van der Waals surface area contributed by atoms with Crippen LogP contribution in [0.1, 0.15) is 16.7 Å². The summed E-state index contributed by atoms with van der Waals surface area (Å²) < 4.78 is 7.00. The molecule has 0 radical (unpaired) electrons. The molecule has 0 atom stereocenters. The molecule has 0 unspecified atom stereocenters. The highest BCUT2D eigenvalue weighted by atomic mass is 32.1.